The van der Waals surface area contributed by atoms with E-state index in [0.29, 0.717) is 18.4 Å². The second-order valence-electron chi connectivity index (χ2n) is 5.67. The molecule has 1 aromatic rings. The predicted molar refractivity (Wildman–Crippen MR) is 79.0 cm³/mol. The van der Waals surface area contributed by atoms with Crippen LogP contribution in [0.3, 0.4) is 0 Å². The molecule has 1 N–H and O–H groups in total. The Kier molecular flexibility index (Phi) is 3.73. The van der Waals surface area contributed by atoms with E-state index in [1.165, 1.54) is 12.1 Å². The molecule has 0 unspecified atom stereocenters. The minimum Gasteiger partial charge on any atom is -0.305 e. The van der Waals surface area contributed by atoms with Crippen LogP contribution in [0.4, 0.5) is 9.18 Å². The second-order valence-corrected chi connectivity index (χ2v) is 6.53. The zero-order valence-electron chi connectivity index (χ0n) is 11.5. The monoisotopic (exact) mass is 354 g/mol. The number of imide groups is 1. The molecule has 0 bridgehead atoms. The highest BCUT2D eigenvalue weighted by atomic mass is 79.9. The maximum Gasteiger partial charge on any atom is 0.325 e. The van der Waals surface area contributed by atoms with Crippen molar-refractivity contribution in [2.24, 2.45) is 0 Å². The average Bonchev–Trinajstić information content (AvgIpc) is 2.68. The van der Waals surface area contributed by atoms with E-state index in [-0.39, 0.29) is 24.3 Å². The molecule has 1 spiro atoms. The first kappa shape index (κ1) is 14.5. The predicted octanol–water partition coefficient (Wildman–Crippen LogP) is 3.34. The highest BCUT2D eigenvalue weighted by Gasteiger charge is 2.52. The number of rotatable bonds is 2. The van der Waals surface area contributed by atoms with E-state index in [0.717, 1.165) is 23.7 Å². The smallest absolute Gasteiger partial charge is 0.305 e. The third-order valence-electron chi connectivity index (χ3n) is 4.42. The first-order chi connectivity index (χ1) is 10.0. The summed E-state index contributed by atoms with van der Waals surface area (Å²) in [6, 6.07) is 4.00. The molecule has 0 atom stereocenters. The molecule has 1 saturated carbocycles. The first-order valence-corrected chi connectivity index (χ1v) is 7.89. The van der Waals surface area contributed by atoms with Gasteiger partial charge in [-0.25, -0.2) is 9.18 Å². The van der Waals surface area contributed by atoms with Crippen molar-refractivity contribution < 1.29 is 14.0 Å². The number of amides is 3. The van der Waals surface area contributed by atoms with Gasteiger partial charge in [-0.3, -0.25) is 10.1 Å². The number of carbonyl (C=O) groups excluding carboxylic acids is 2. The molecular weight excluding hydrogens is 339 g/mol. The molecule has 1 heterocycles. The van der Waals surface area contributed by atoms with Crippen molar-refractivity contribution >= 4 is 27.9 Å². The van der Waals surface area contributed by atoms with Crippen LogP contribution in [-0.4, -0.2) is 22.4 Å². The van der Waals surface area contributed by atoms with E-state index in [1.54, 1.807) is 11.0 Å². The van der Waals surface area contributed by atoms with Crippen LogP contribution in [0.1, 0.15) is 37.7 Å². The quantitative estimate of drug-likeness (QED) is 0.828. The van der Waals surface area contributed by atoms with Crippen LogP contribution in [-0.2, 0) is 11.3 Å². The maximum absolute atomic E-state index is 13.4. The van der Waals surface area contributed by atoms with Crippen LogP contribution in [0, 0.1) is 5.82 Å². The molecular formula is C15H16BrFN2O2. The molecule has 3 amide bonds. The van der Waals surface area contributed by atoms with Crippen molar-refractivity contribution in [3.8, 4) is 0 Å². The Bertz CT molecular complexity index is 599. The summed E-state index contributed by atoms with van der Waals surface area (Å²) in [5.74, 6) is -0.559. The highest BCUT2D eigenvalue weighted by molar-refractivity contribution is 9.10. The van der Waals surface area contributed by atoms with Gasteiger partial charge in [-0.2, -0.15) is 0 Å². The Hall–Kier alpha value is -1.43. The summed E-state index contributed by atoms with van der Waals surface area (Å²) in [7, 11) is 0. The Morgan fingerprint density at radius 2 is 1.95 bits per heavy atom. The molecule has 1 aliphatic carbocycles. The highest BCUT2D eigenvalue weighted by Crippen LogP contribution is 2.38. The molecule has 0 radical (unpaired) electrons. The van der Waals surface area contributed by atoms with Crippen molar-refractivity contribution in [3.05, 3.63) is 34.1 Å². The van der Waals surface area contributed by atoms with E-state index < -0.39 is 5.54 Å². The van der Waals surface area contributed by atoms with Gasteiger partial charge in [0.1, 0.15) is 11.4 Å². The number of hydrogen-bond donors (Lipinski definition) is 1. The van der Waals surface area contributed by atoms with Crippen molar-refractivity contribution in [3.63, 3.8) is 0 Å². The van der Waals surface area contributed by atoms with Gasteiger partial charge >= 0.3 is 6.03 Å². The number of nitrogens with zero attached hydrogens (tertiary/aromatic N) is 1. The number of hydrogen-bond acceptors (Lipinski definition) is 2. The van der Waals surface area contributed by atoms with Crippen LogP contribution < -0.4 is 5.32 Å². The maximum atomic E-state index is 13.4. The van der Waals surface area contributed by atoms with Gasteiger partial charge in [-0.05, 0) is 36.6 Å². The van der Waals surface area contributed by atoms with Crippen LogP contribution >= 0.6 is 15.9 Å². The Labute approximate surface area is 130 Å². The zero-order chi connectivity index (χ0) is 15.0. The van der Waals surface area contributed by atoms with Crippen LogP contribution in [0.25, 0.3) is 0 Å². The molecule has 112 valence electrons. The van der Waals surface area contributed by atoms with Crippen LogP contribution in [0.15, 0.2) is 22.7 Å². The van der Waals surface area contributed by atoms with E-state index in [1.807, 2.05) is 0 Å². The topological polar surface area (TPSA) is 49.4 Å². The van der Waals surface area contributed by atoms with E-state index in [2.05, 4.69) is 21.2 Å². The summed E-state index contributed by atoms with van der Waals surface area (Å²) in [5.41, 5.74) is -0.0778. The normalized spacial score (nSPS) is 21.0. The summed E-state index contributed by atoms with van der Waals surface area (Å²) < 4.78 is 14.2. The summed E-state index contributed by atoms with van der Waals surface area (Å²) in [4.78, 5) is 26.0. The third-order valence-corrected chi connectivity index (χ3v) is 5.20. The van der Waals surface area contributed by atoms with Gasteiger partial charge in [-0.1, -0.05) is 35.2 Å². The van der Waals surface area contributed by atoms with Gasteiger partial charge in [0.2, 0.25) is 0 Å². The molecule has 21 heavy (non-hydrogen) atoms. The van der Waals surface area contributed by atoms with Gasteiger partial charge in [0.25, 0.3) is 5.91 Å². The standard InChI is InChI=1S/C15H16BrFN2O2/c16-12-5-4-11(17)8-10(12)9-19-14(21)18-13(20)15(19)6-2-1-3-7-15/h4-5,8H,1-3,6-7,9H2,(H,18,20,21). The summed E-state index contributed by atoms with van der Waals surface area (Å²) >= 11 is 3.38. The largest absolute Gasteiger partial charge is 0.325 e. The first-order valence-electron chi connectivity index (χ1n) is 7.10. The molecule has 4 nitrogen and oxygen atoms in total. The summed E-state index contributed by atoms with van der Waals surface area (Å²) in [5, 5.41) is 2.42. The molecule has 2 aliphatic rings. The molecule has 1 aromatic carbocycles. The van der Waals surface area contributed by atoms with Crippen LogP contribution in [0.2, 0.25) is 0 Å². The van der Waals surface area contributed by atoms with Gasteiger partial charge in [0.15, 0.2) is 0 Å². The molecule has 2 fully saturated rings. The third kappa shape index (κ3) is 2.46. The fourth-order valence-corrected chi connectivity index (χ4v) is 3.66. The van der Waals surface area contributed by atoms with Crippen molar-refractivity contribution in [2.45, 2.75) is 44.2 Å². The van der Waals surface area contributed by atoms with Gasteiger partial charge in [0.05, 0.1) is 0 Å². The summed E-state index contributed by atoms with van der Waals surface area (Å²) in [6.45, 7) is 0.232. The van der Waals surface area contributed by atoms with Gasteiger partial charge < -0.3 is 4.90 Å². The minimum atomic E-state index is -0.749. The fraction of sp³-hybridized carbons (Fsp3) is 0.467. The molecule has 1 aliphatic heterocycles. The lowest BCUT2D eigenvalue weighted by Gasteiger charge is -2.38. The lowest BCUT2D eigenvalue weighted by molar-refractivity contribution is -0.128. The Morgan fingerprint density at radius 1 is 1.24 bits per heavy atom. The molecule has 6 heteroatoms. The van der Waals surface area contributed by atoms with E-state index in [9.17, 15) is 14.0 Å². The second kappa shape index (κ2) is 5.40. The Balaban J connectivity index is 1.93. The number of benzene rings is 1. The lowest BCUT2D eigenvalue weighted by Crippen LogP contribution is -2.50. The SMILES string of the molecule is O=C1NC(=O)C2(CCCCC2)N1Cc1cc(F)ccc1Br. The summed E-state index contributed by atoms with van der Waals surface area (Å²) in [6.07, 6.45) is 4.30. The van der Waals surface area contributed by atoms with E-state index >= 15 is 0 Å². The zero-order valence-corrected chi connectivity index (χ0v) is 13.1. The van der Waals surface area contributed by atoms with Crippen LogP contribution in [0.5, 0.6) is 0 Å². The fourth-order valence-electron chi connectivity index (χ4n) is 3.29. The van der Waals surface area contributed by atoms with Gasteiger partial charge in [-0.15, -0.1) is 0 Å². The molecule has 3 rings (SSSR count). The molecule has 0 aromatic heterocycles. The van der Waals surface area contributed by atoms with Crippen molar-refractivity contribution in [1.82, 2.24) is 10.2 Å². The van der Waals surface area contributed by atoms with E-state index in [4.69, 9.17) is 0 Å². The average molecular weight is 355 g/mol. The Morgan fingerprint density at radius 3 is 2.67 bits per heavy atom. The number of nitrogens with one attached hydrogen (secondary N) is 1. The number of halogens is 2. The number of carbonyl (C=O) groups is 2. The number of urea groups is 1. The molecule has 1 saturated heterocycles. The van der Waals surface area contributed by atoms with Gasteiger partial charge in [0, 0.05) is 11.0 Å². The lowest BCUT2D eigenvalue weighted by atomic mass is 9.80. The van der Waals surface area contributed by atoms with Crippen molar-refractivity contribution in [1.29, 1.82) is 0 Å². The minimum absolute atomic E-state index is 0.209. The van der Waals surface area contributed by atoms with Crippen molar-refractivity contribution in [2.75, 3.05) is 0 Å².